The molecule has 1 aliphatic heterocycles. The number of carbonyl (C=O) groups excluding carboxylic acids is 2. The van der Waals surface area contributed by atoms with E-state index in [1.54, 1.807) is 9.80 Å². The van der Waals surface area contributed by atoms with E-state index >= 15 is 0 Å². The van der Waals surface area contributed by atoms with Gasteiger partial charge in [-0.15, -0.1) is 11.6 Å². The first-order valence-electron chi connectivity index (χ1n) is 5.37. The molecule has 1 aliphatic rings. The van der Waals surface area contributed by atoms with Crippen molar-refractivity contribution >= 4 is 34.8 Å². The molecule has 1 saturated heterocycles. The lowest BCUT2D eigenvalue weighted by molar-refractivity contribution is -0.129. The van der Waals surface area contributed by atoms with Crippen LogP contribution >= 0.6 is 22.9 Å². The number of hydrogen-bond donors (Lipinski definition) is 0. The van der Waals surface area contributed by atoms with Crippen LogP contribution in [0.2, 0.25) is 0 Å². The Morgan fingerprint density at radius 3 is 2.41 bits per heavy atom. The summed E-state index contributed by atoms with van der Waals surface area (Å²) in [5.41, 5.74) is 0.729. The van der Waals surface area contributed by atoms with Gasteiger partial charge in [0.05, 0.1) is 5.56 Å². The Balaban J connectivity index is 1.91. The largest absolute Gasteiger partial charge is 0.338 e. The fourth-order valence-corrected chi connectivity index (χ4v) is 2.61. The van der Waals surface area contributed by atoms with Crippen LogP contribution in [0.5, 0.6) is 0 Å². The molecule has 0 radical (unpaired) electrons. The molecule has 0 aliphatic carbocycles. The normalized spacial score (nSPS) is 16.1. The summed E-state index contributed by atoms with van der Waals surface area (Å²) >= 11 is 7.01. The van der Waals surface area contributed by atoms with Crippen molar-refractivity contribution in [3.05, 3.63) is 22.4 Å². The molecule has 1 aromatic rings. The molecule has 6 heteroatoms. The van der Waals surface area contributed by atoms with Crippen LogP contribution in [0.3, 0.4) is 0 Å². The second-order valence-corrected chi connectivity index (χ2v) is 4.87. The number of carbonyl (C=O) groups is 2. The number of hydrogen-bond acceptors (Lipinski definition) is 3. The first kappa shape index (κ1) is 12.4. The van der Waals surface area contributed by atoms with Crippen LogP contribution < -0.4 is 0 Å². The summed E-state index contributed by atoms with van der Waals surface area (Å²) in [5.74, 6) is -0.00288. The van der Waals surface area contributed by atoms with Crippen molar-refractivity contribution in [1.82, 2.24) is 9.80 Å². The van der Waals surface area contributed by atoms with Crippen molar-refractivity contribution in [1.29, 1.82) is 0 Å². The number of halogens is 1. The van der Waals surface area contributed by atoms with E-state index in [2.05, 4.69) is 0 Å². The molecule has 17 heavy (non-hydrogen) atoms. The van der Waals surface area contributed by atoms with Gasteiger partial charge in [0.2, 0.25) is 5.91 Å². The Kier molecular flexibility index (Phi) is 4.02. The molecule has 0 atom stereocenters. The highest BCUT2D eigenvalue weighted by Gasteiger charge is 2.24. The van der Waals surface area contributed by atoms with E-state index in [1.807, 2.05) is 16.8 Å². The number of piperazine rings is 1. The molecule has 4 nitrogen and oxygen atoms in total. The molecule has 0 aromatic carbocycles. The van der Waals surface area contributed by atoms with Gasteiger partial charge < -0.3 is 9.80 Å². The van der Waals surface area contributed by atoms with Crippen molar-refractivity contribution in [3.8, 4) is 0 Å². The molecule has 0 N–H and O–H groups in total. The van der Waals surface area contributed by atoms with Gasteiger partial charge >= 0.3 is 0 Å². The molecule has 0 spiro atoms. The zero-order valence-corrected chi connectivity index (χ0v) is 10.8. The second kappa shape index (κ2) is 5.51. The van der Waals surface area contributed by atoms with Gasteiger partial charge in [0, 0.05) is 31.6 Å². The zero-order valence-electron chi connectivity index (χ0n) is 9.26. The van der Waals surface area contributed by atoms with Crippen molar-refractivity contribution in [2.75, 3.05) is 32.1 Å². The number of alkyl halides is 1. The quantitative estimate of drug-likeness (QED) is 0.761. The topological polar surface area (TPSA) is 40.6 Å². The van der Waals surface area contributed by atoms with Crippen LogP contribution in [0, 0.1) is 0 Å². The van der Waals surface area contributed by atoms with Gasteiger partial charge in [-0.3, -0.25) is 9.59 Å². The van der Waals surface area contributed by atoms with Gasteiger partial charge in [-0.1, -0.05) is 0 Å². The summed E-state index contributed by atoms with van der Waals surface area (Å²) in [4.78, 5) is 26.9. The maximum absolute atomic E-state index is 12.0. The van der Waals surface area contributed by atoms with E-state index in [4.69, 9.17) is 11.6 Å². The van der Waals surface area contributed by atoms with E-state index in [1.165, 1.54) is 11.3 Å². The molecule has 0 unspecified atom stereocenters. The van der Waals surface area contributed by atoms with Gasteiger partial charge in [0.15, 0.2) is 0 Å². The van der Waals surface area contributed by atoms with Gasteiger partial charge in [0.25, 0.3) is 5.91 Å². The highest BCUT2D eigenvalue weighted by Crippen LogP contribution is 2.12. The second-order valence-electron chi connectivity index (χ2n) is 3.82. The third-order valence-corrected chi connectivity index (χ3v) is 3.71. The Labute approximate surface area is 109 Å². The van der Waals surface area contributed by atoms with Gasteiger partial charge in [-0.2, -0.15) is 11.3 Å². The van der Waals surface area contributed by atoms with E-state index in [9.17, 15) is 9.59 Å². The highest BCUT2D eigenvalue weighted by atomic mass is 35.5. The molecule has 0 bridgehead atoms. The van der Waals surface area contributed by atoms with Crippen LogP contribution in [0.15, 0.2) is 16.8 Å². The summed E-state index contributed by atoms with van der Waals surface area (Å²) in [6, 6.07) is 1.82. The lowest BCUT2D eigenvalue weighted by Crippen LogP contribution is -2.50. The summed E-state index contributed by atoms with van der Waals surface area (Å²) in [6.45, 7) is 2.30. The van der Waals surface area contributed by atoms with Crippen LogP contribution in [-0.4, -0.2) is 53.7 Å². The average molecular weight is 273 g/mol. The number of thiophene rings is 1. The fourth-order valence-electron chi connectivity index (χ4n) is 1.81. The number of nitrogens with zero attached hydrogens (tertiary/aromatic N) is 2. The van der Waals surface area contributed by atoms with Gasteiger partial charge in [-0.25, -0.2) is 0 Å². The van der Waals surface area contributed by atoms with Crippen LogP contribution in [0.25, 0.3) is 0 Å². The van der Waals surface area contributed by atoms with Crippen molar-refractivity contribution < 1.29 is 9.59 Å². The molecule has 0 saturated carbocycles. The monoisotopic (exact) mass is 272 g/mol. The first-order valence-corrected chi connectivity index (χ1v) is 6.85. The lowest BCUT2D eigenvalue weighted by atomic mass is 10.2. The number of rotatable bonds is 2. The highest BCUT2D eigenvalue weighted by molar-refractivity contribution is 7.08. The van der Waals surface area contributed by atoms with Crippen LogP contribution in [0.1, 0.15) is 10.4 Å². The minimum absolute atomic E-state index is 0.0124. The third-order valence-electron chi connectivity index (χ3n) is 2.80. The predicted molar refractivity (Wildman–Crippen MR) is 67.5 cm³/mol. The summed E-state index contributed by atoms with van der Waals surface area (Å²) in [6.07, 6.45) is 0. The average Bonchev–Trinajstić information content (AvgIpc) is 2.91. The maximum Gasteiger partial charge on any atom is 0.254 e. The summed E-state index contributed by atoms with van der Waals surface area (Å²) in [7, 11) is 0. The van der Waals surface area contributed by atoms with E-state index < -0.39 is 0 Å². The van der Waals surface area contributed by atoms with Crippen molar-refractivity contribution in [2.45, 2.75) is 0 Å². The molecular weight excluding hydrogens is 260 g/mol. The lowest BCUT2D eigenvalue weighted by Gasteiger charge is -2.34. The van der Waals surface area contributed by atoms with E-state index in [0.29, 0.717) is 26.2 Å². The van der Waals surface area contributed by atoms with E-state index in [0.717, 1.165) is 5.56 Å². The summed E-state index contributed by atoms with van der Waals surface area (Å²) < 4.78 is 0. The zero-order chi connectivity index (χ0) is 12.3. The Hall–Kier alpha value is -1.07. The van der Waals surface area contributed by atoms with Gasteiger partial charge in [-0.05, 0) is 11.4 Å². The molecule has 2 rings (SSSR count). The minimum Gasteiger partial charge on any atom is -0.338 e. The van der Waals surface area contributed by atoms with Gasteiger partial charge in [0.1, 0.15) is 5.88 Å². The van der Waals surface area contributed by atoms with E-state index in [-0.39, 0.29) is 17.7 Å². The number of amides is 2. The van der Waals surface area contributed by atoms with Crippen LogP contribution in [0.4, 0.5) is 0 Å². The third kappa shape index (κ3) is 2.79. The Morgan fingerprint density at radius 1 is 1.24 bits per heavy atom. The SMILES string of the molecule is O=C(CCl)N1CCN(C(=O)c2ccsc2)CC1. The molecule has 1 aromatic heterocycles. The standard InChI is InChI=1S/C11H13ClN2O2S/c12-7-10(15)13-2-4-14(5-3-13)11(16)9-1-6-17-8-9/h1,6,8H,2-5,7H2. The van der Waals surface area contributed by atoms with Crippen molar-refractivity contribution in [2.24, 2.45) is 0 Å². The molecule has 2 heterocycles. The Bertz CT molecular complexity index is 400. The smallest absolute Gasteiger partial charge is 0.254 e. The predicted octanol–water partition coefficient (Wildman–Crippen LogP) is 1.27. The molecule has 2 amide bonds. The summed E-state index contributed by atoms with van der Waals surface area (Å²) in [5, 5.41) is 3.74. The minimum atomic E-state index is -0.0608. The molecule has 92 valence electrons. The van der Waals surface area contributed by atoms with Crippen LogP contribution in [-0.2, 0) is 4.79 Å². The maximum atomic E-state index is 12.0. The van der Waals surface area contributed by atoms with Crippen molar-refractivity contribution in [3.63, 3.8) is 0 Å². The first-order chi connectivity index (χ1) is 8.22. The molecular formula is C11H13ClN2O2S. The molecule has 1 fully saturated rings. The Morgan fingerprint density at radius 2 is 1.88 bits per heavy atom. The fraction of sp³-hybridized carbons (Fsp3) is 0.455.